The molecule has 6 nitrogen and oxygen atoms in total. The van der Waals surface area contributed by atoms with E-state index in [2.05, 4.69) is 25.4 Å². The molecule has 1 saturated heterocycles. The summed E-state index contributed by atoms with van der Waals surface area (Å²) in [7, 11) is 0. The van der Waals surface area contributed by atoms with Crippen LogP contribution in [0.2, 0.25) is 0 Å². The Kier molecular flexibility index (Phi) is 6.14. The van der Waals surface area contributed by atoms with Crippen LogP contribution in [0.25, 0.3) is 11.0 Å². The van der Waals surface area contributed by atoms with E-state index in [1.807, 2.05) is 37.3 Å². The highest BCUT2D eigenvalue weighted by Crippen LogP contribution is 2.27. The van der Waals surface area contributed by atoms with E-state index in [4.69, 9.17) is 9.51 Å². The van der Waals surface area contributed by atoms with Crippen LogP contribution in [0.15, 0.2) is 59.1 Å². The van der Waals surface area contributed by atoms with Crippen molar-refractivity contribution in [1.82, 2.24) is 19.4 Å². The Morgan fingerprint density at radius 2 is 1.97 bits per heavy atom. The molecule has 1 aliphatic heterocycles. The number of halogens is 1. The molecule has 0 saturated carbocycles. The molecule has 1 fully saturated rings. The van der Waals surface area contributed by atoms with E-state index in [0.29, 0.717) is 12.6 Å². The molecule has 2 aromatic heterocycles. The van der Waals surface area contributed by atoms with Crippen LogP contribution in [0.4, 0.5) is 10.3 Å². The Hall–Kier alpha value is -2.84. The third-order valence-electron chi connectivity index (χ3n) is 5.79. The Morgan fingerprint density at radius 1 is 1.12 bits per heavy atom. The van der Waals surface area contributed by atoms with Gasteiger partial charge in [-0.15, -0.1) is 0 Å². The van der Waals surface area contributed by atoms with Crippen LogP contribution < -0.4 is 9.62 Å². The van der Waals surface area contributed by atoms with Crippen LogP contribution in [-0.2, 0) is 12.3 Å². The lowest BCUT2D eigenvalue weighted by atomic mass is 10.1. The Bertz CT molecular complexity index is 1200. The number of imidazole rings is 1. The minimum absolute atomic E-state index is 0.210. The van der Waals surface area contributed by atoms with Crippen LogP contribution >= 0.6 is 11.9 Å². The summed E-state index contributed by atoms with van der Waals surface area (Å²) in [5.41, 5.74) is 3.94. The summed E-state index contributed by atoms with van der Waals surface area (Å²) in [5.74, 6) is 2.38. The molecule has 0 aliphatic carbocycles. The Labute approximate surface area is 190 Å². The molecular formula is C24H26FN5OS. The van der Waals surface area contributed by atoms with Gasteiger partial charge in [0.25, 0.3) is 0 Å². The number of rotatable bonds is 7. The zero-order chi connectivity index (χ0) is 21.9. The van der Waals surface area contributed by atoms with Crippen molar-refractivity contribution in [1.29, 1.82) is 0 Å². The summed E-state index contributed by atoms with van der Waals surface area (Å²) in [6, 6.07) is 17.4. The summed E-state index contributed by atoms with van der Waals surface area (Å²) in [6.45, 7) is 4.35. The number of para-hydroxylation sites is 2. The van der Waals surface area contributed by atoms with Crippen LogP contribution in [0, 0.1) is 12.7 Å². The highest BCUT2D eigenvalue weighted by molar-refractivity contribution is 7.96. The topological polar surface area (TPSA) is 59.1 Å². The van der Waals surface area contributed by atoms with E-state index in [0.717, 1.165) is 65.7 Å². The van der Waals surface area contributed by atoms with Crippen molar-refractivity contribution < 1.29 is 8.91 Å². The standard InChI is InChI=1S/C24H26FN5OS/c1-17-13-21(27-31-17)16-32-28-20-9-11-29(12-10-20)24-26-22-7-2-3-8-23(22)30(24)15-18-5-4-6-19(25)14-18/h2-8,13-14,20,28H,9-12,15-16H2,1H3. The van der Waals surface area contributed by atoms with Gasteiger partial charge in [0.05, 0.1) is 29.0 Å². The van der Waals surface area contributed by atoms with Crippen molar-refractivity contribution >= 4 is 28.9 Å². The highest BCUT2D eigenvalue weighted by atomic mass is 32.2. The maximum atomic E-state index is 13.8. The first-order valence-corrected chi connectivity index (χ1v) is 11.9. The van der Waals surface area contributed by atoms with Crippen molar-refractivity contribution in [3.63, 3.8) is 0 Å². The number of anilines is 1. The van der Waals surface area contributed by atoms with E-state index < -0.39 is 0 Å². The number of aryl methyl sites for hydroxylation is 1. The summed E-state index contributed by atoms with van der Waals surface area (Å²) in [6.07, 6.45) is 2.07. The number of benzene rings is 2. The molecule has 1 N–H and O–H groups in total. The van der Waals surface area contributed by atoms with E-state index in [9.17, 15) is 4.39 Å². The Balaban J connectivity index is 1.26. The van der Waals surface area contributed by atoms with Crippen LogP contribution in [0.3, 0.4) is 0 Å². The smallest absolute Gasteiger partial charge is 0.206 e. The largest absolute Gasteiger partial charge is 0.361 e. The third-order valence-corrected chi connectivity index (χ3v) is 6.73. The first-order chi connectivity index (χ1) is 15.7. The van der Waals surface area contributed by atoms with Gasteiger partial charge in [0.15, 0.2) is 0 Å². The number of aromatic nitrogens is 3. The molecule has 4 aromatic rings. The lowest BCUT2D eigenvalue weighted by Gasteiger charge is -2.33. The van der Waals surface area contributed by atoms with Crippen molar-refractivity contribution in [2.24, 2.45) is 0 Å². The average molecular weight is 452 g/mol. The van der Waals surface area contributed by atoms with Gasteiger partial charge in [0.1, 0.15) is 11.6 Å². The zero-order valence-corrected chi connectivity index (χ0v) is 18.8. The molecule has 5 rings (SSSR count). The van der Waals surface area contributed by atoms with Gasteiger partial charge in [0.2, 0.25) is 5.95 Å². The van der Waals surface area contributed by atoms with Crippen molar-refractivity contribution in [3.05, 3.63) is 77.4 Å². The van der Waals surface area contributed by atoms with Crippen molar-refractivity contribution in [3.8, 4) is 0 Å². The molecule has 0 unspecified atom stereocenters. The highest BCUT2D eigenvalue weighted by Gasteiger charge is 2.24. The van der Waals surface area contributed by atoms with E-state index in [1.54, 1.807) is 24.1 Å². The fourth-order valence-corrected chi connectivity index (χ4v) is 5.03. The molecule has 0 amide bonds. The lowest BCUT2D eigenvalue weighted by molar-refractivity contribution is 0.392. The summed E-state index contributed by atoms with van der Waals surface area (Å²) in [5, 5.41) is 4.04. The monoisotopic (exact) mass is 451 g/mol. The molecule has 0 spiro atoms. The molecule has 1 aliphatic rings. The zero-order valence-electron chi connectivity index (χ0n) is 18.0. The molecule has 0 radical (unpaired) electrons. The number of piperidine rings is 1. The van der Waals surface area contributed by atoms with Gasteiger partial charge in [-0.2, -0.15) is 0 Å². The quantitative estimate of drug-likeness (QED) is 0.402. The maximum absolute atomic E-state index is 13.8. The van der Waals surface area contributed by atoms with Gasteiger partial charge in [-0.05, 0) is 49.6 Å². The van der Waals surface area contributed by atoms with Gasteiger partial charge >= 0.3 is 0 Å². The third kappa shape index (κ3) is 4.66. The van der Waals surface area contributed by atoms with Crippen molar-refractivity contribution in [2.45, 2.75) is 38.1 Å². The molecule has 3 heterocycles. The normalized spacial score (nSPS) is 15.0. The molecule has 166 valence electrons. The summed E-state index contributed by atoms with van der Waals surface area (Å²) in [4.78, 5) is 7.29. The van der Waals surface area contributed by atoms with Gasteiger partial charge in [-0.25, -0.2) is 9.37 Å². The van der Waals surface area contributed by atoms with Crippen molar-refractivity contribution in [2.75, 3.05) is 18.0 Å². The first kappa shape index (κ1) is 21.0. The molecule has 0 atom stereocenters. The first-order valence-electron chi connectivity index (χ1n) is 10.9. The number of hydrogen-bond acceptors (Lipinski definition) is 6. The van der Waals surface area contributed by atoms with Gasteiger partial charge < -0.3 is 14.0 Å². The summed E-state index contributed by atoms with van der Waals surface area (Å²) >= 11 is 1.69. The van der Waals surface area contributed by atoms with E-state index in [-0.39, 0.29) is 5.82 Å². The predicted molar refractivity (Wildman–Crippen MR) is 126 cm³/mol. The number of fused-ring (bicyclic) bond motifs is 1. The molecule has 0 bridgehead atoms. The SMILES string of the molecule is Cc1cc(CSNC2CCN(c3nc4ccccc4n3Cc3cccc(F)c3)CC2)no1. The second-order valence-electron chi connectivity index (χ2n) is 8.21. The lowest BCUT2D eigenvalue weighted by Crippen LogP contribution is -2.41. The number of nitrogens with zero attached hydrogens (tertiary/aromatic N) is 4. The average Bonchev–Trinajstić information content (AvgIpc) is 3.38. The minimum atomic E-state index is -0.210. The van der Waals surface area contributed by atoms with Gasteiger partial charge in [-0.3, -0.25) is 4.72 Å². The second kappa shape index (κ2) is 9.34. The van der Waals surface area contributed by atoms with Crippen LogP contribution in [-0.4, -0.2) is 33.8 Å². The van der Waals surface area contributed by atoms with Crippen LogP contribution in [0.1, 0.15) is 29.9 Å². The second-order valence-corrected chi connectivity index (χ2v) is 9.03. The Morgan fingerprint density at radius 3 is 2.75 bits per heavy atom. The van der Waals surface area contributed by atoms with E-state index >= 15 is 0 Å². The number of nitrogens with one attached hydrogen (secondary N) is 1. The maximum Gasteiger partial charge on any atom is 0.206 e. The van der Waals surface area contributed by atoms with E-state index in [1.165, 1.54) is 6.07 Å². The fraction of sp³-hybridized carbons (Fsp3) is 0.333. The molecular weight excluding hydrogens is 425 g/mol. The minimum Gasteiger partial charge on any atom is -0.361 e. The van der Waals surface area contributed by atoms with Gasteiger partial charge in [-0.1, -0.05) is 41.4 Å². The summed E-state index contributed by atoms with van der Waals surface area (Å²) < 4.78 is 24.7. The van der Waals surface area contributed by atoms with Crippen LogP contribution in [0.5, 0.6) is 0 Å². The molecule has 8 heteroatoms. The predicted octanol–water partition coefficient (Wildman–Crippen LogP) is 4.93. The van der Waals surface area contributed by atoms with Gasteiger partial charge in [0, 0.05) is 25.2 Å². The number of hydrogen-bond donors (Lipinski definition) is 1. The molecule has 2 aromatic carbocycles. The molecule has 32 heavy (non-hydrogen) atoms. The fourth-order valence-electron chi connectivity index (χ4n) is 4.19.